The maximum absolute atomic E-state index is 10.8. The molecular weight excluding hydrogens is 222 g/mol. The van der Waals surface area contributed by atoms with Crippen molar-refractivity contribution in [2.45, 2.75) is 24.5 Å². The van der Waals surface area contributed by atoms with E-state index in [0.29, 0.717) is 19.8 Å². The van der Waals surface area contributed by atoms with Crippen molar-refractivity contribution in [2.75, 3.05) is 26.3 Å². The molecule has 1 spiro atoms. The SMILES string of the molecule is Cl.O=C(O)C1CNCC2(CCOCC2)O1. The average Bonchev–Trinajstić information content (AvgIpc) is 2.19. The molecule has 2 rings (SSSR count). The number of rotatable bonds is 1. The van der Waals surface area contributed by atoms with Gasteiger partial charge in [-0.15, -0.1) is 12.4 Å². The molecule has 2 aliphatic heterocycles. The van der Waals surface area contributed by atoms with Crippen molar-refractivity contribution in [3.63, 3.8) is 0 Å². The number of carboxylic acid groups (broad SMARTS) is 1. The molecule has 0 bridgehead atoms. The summed E-state index contributed by atoms with van der Waals surface area (Å²) in [5.41, 5.74) is -0.306. The number of carbonyl (C=O) groups is 1. The lowest BCUT2D eigenvalue weighted by Gasteiger charge is -2.42. The van der Waals surface area contributed by atoms with Gasteiger partial charge in [0.25, 0.3) is 0 Å². The minimum absolute atomic E-state index is 0. The lowest BCUT2D eigenvalue weighted by Crippen LogP contribution is -2.58. The third-order valence-corrected chi connectivity index (χ3v) is 2.85. The van der Waals surface area contributed by atoms with Crippen LogP contribution in [0.25, 0.3) is 0 Å². The second kappa shape index (κ2) is 5.12. The van der Waals surface area contributed by atoms with E-state index in [2.05, 4.69) is 5.32 Å². The molecule has 2 saturated heterocycles. The van der Waals surface area contributed by atoms with Crippen LogP contribution in [0.3, 0.4) is 0 Å². The standard InChI is InChI=1S/C9H15NO4.ClH/c11-8(12)7-5-10-6-9(14-7)1-3-13-4-2-9;/h7,10H,1-6H2,(H,11,12);1H. The molecule has 15 heavy (non-hydrogen) atoms. The Bertz CT molecular complexity index is 225. The molecule has 0 aromatic heterocycles. The van der Waals surface area contributed by atoms with Gasteiger partial charge in [0.15, 0.2) is 6.10 Å². The van der Waals surface area contributed by atoms with Crippen LogP contribution in [0.5, 0.6) is 0 Å². The molecule has 0 saturated carbocycles. The number of halogens is 1. The molecule has 88 valence electrons. The molecule has 0 radical (unpaired) electrons. The summed E-state index contributed by atoms with van der Waals surface area (Å²) in [5.74, 6) is -0.886. The van der Waals surface area contributed by atoms with Gasteiger partial charge in [0.1, 0.15) is 0 Å². The number of nitrogens with one attached hydrogen (secondary N) is 1. The fourth-order valence-corrected chi connectivity index (χ4v) is 1.99. The molecule has 2 heterocycles. The number of carboxylic acids is 1. The van der Waals surface area contributed by atoms with E-state index >= 15 is 0 Å². The topological polar surface area (TPSA) is 67.8 Å². The highest BCUT2D eigenvalue weighted by molar-refractivity contribution is 5.85. The molecule has 2 aliphatic rings. The Hall–Kier alpha value is -0.360. The summed E-state index contributed by atoms with van der Waals surface area (Å²) < 4.78 is 10.9. The van der Waals surface area contributed by atoms with E-state index in [9.17, 15) is 4.79 Å². The summed E-state index contributed by atoms with van der Waals surface area (Å²) in [6, 6.07) is 0. The van der Waals surface area contributed by atoms with Gasteiger partial charge in [-0.1, -0.05) is 0 Å². The molecule has 1 atom stereocenters. The minimum Gasteiger partial charge on any atom is -0.479 e. The molecule has 2 N–H and O–H groups in total. The first-order valence-electron chi connectivity index (χ1n) is 4.91. The third kappa shape index (κ3) is 2.81. The van der Waals surface area contributed by atoms with Crippen LogP contribution < -0.4 is 5.32 Å². The monoisotopic (exact) mass is 237 g/mol. The van der Waals surface area contributed by atoms with Crippen LogP contribution >= 0.6 is 12.4 Å². The molecule has 0 aromatic carbocycles. The summed E-state index contributed by atoms with van der Waals surface area (Å²) in [4.78, 5) is 10.8. The summed E-state index contributed by atoms with van der Waals surface area (Å²) >= 11 is 0. The van der Waals surface area contributed by atoms with Crippen LogP contribution in [0.15, 0.2) is 0 Å². The van der Waals surface area contributed by atoms with E-state index in [1.807, 2.05) is 0 Å². The van der Waals surface area contributed by atoms with Crippen molar-refractivity contribution in [1.29, 1.82) is 0 Å². The van der Waals surface area contributed by atoms with E-state index in [0.717, 1.165) is 19.4 Å². The van der Waals surface area contributed by atoms with Gasteiger partial charge in [-0.05, 0) is 0 Å². The Morgan fingerprint density at radius 3 is 2.67 bits per heavy atom. The quantitative estimate of drug-likeness (QED) is 0.674. The van der Waals surface area contributed by atoms with Gasteiger partial charge >= 0.3 is 5.97 Å². The van der Waals surface area contributed by atoms with Crippen LogP contribution in [0.4, 0.5) is 0 Å². The molecule has 0 aromatic rings. The predicted molar refractivity (Wildman–Crippen MR) is 55.4 cm³/mol. The van der Waals surface area contributed by atoms with Crippen LogP contribution in [0.2, 0.25) is 0 Å². The van der Waals surface area contributed by atoms with Crippen LogP contribution in [-0.4, -0.2) is 49.1 Å². The Labute approximate surface area is 94.5 Å². The average molecular weight is 238 g/mol. The smallest absolute Gasteiger partial charge is 0.334 e. The van der Waals surface area contributed by atoms with Crippen LogP contribution in [-0.2, 0) is 14.3 Å². The number of ether oxygens (including phenoxy) is 2. The van der Waals surface area contributed by atoms with Gasteiger partial charge < -0.3 is 19.9 Å². The van der Waals surface area contributed by atoms with Crippen LogP contribution in [0, 0.1) is 0 Å². The first-order chi connectivity index (χ1) is 6.72. The zero-order chi connectivity index (χ0) is 10.0. The number of hydrogen-bond donors (Lipinski definition) is 2. The van der Waals surface area contributed by atoms with E-state index in [1.165, 1.54) is 0 Å². The van der Waals surface area contributed by atoms with Crippen molar-refractivity contribution in [3.05, 3.63) is 0 Å². The summed E-state index contributed by atoms with van der Waals surface area (Å²) in [6.07, 6.45) is 0.856. The van der Waals surface area contributed by atoms with Gasteiger partial charge in [-0.2, -0.15) is 0 Å². The van der Waals surface area contributed by atoms with Crippen molar-refractivity contribution < 1.29 is 19.4 Å². The maximum Gasteiger partial charge on any atom is 0.334 e. The van der Waals surface area contributed by atoms with Crippen LogP contribution in [0.1, 0.15) is 12.8 Å². The van der Waals surface area contributed by atoms with Gasteiger partial charge in [-0.25, -0.2) is 4.79 Å². The normalized spacial score (nSPS) is 29.5. The summed E-state index contributed by atoms with van der Waals surface area (Å²) in [6.45, 7) is 2.46. The van der Waals surface area contributed by atoms with Crippen molar-refractivity contribution >= 4 is 18.4 Å². The summed E-state index contributed by atoms with van der Waals surface area (Å²) in [7, 11) is 0. The van der Waals surface area contributed by atoms with Gasteiger partial charge in [0.05, 0.1) is 5.60 Å². The largest absolute Gasteiger partial charge is 0.479 e. The highest BCUT2D eigenvalue weighted by Crippen LogP contribution is 2.28. The highest BCUT2D eigenvalue weighted by atomic mass is 35.5. The first-order valence-corrected chi connectivity index (χ1v) is 4.91. The maximum atomic E-state index is 10.8. The number of hydrogen-bond acceptors (Lipinski definition) is 4. The molecular formula is C9H16ClNO4. The lowest BCUT2D eigenvalue weighted by molar-refractivity contribution is -0.185. The van der Waals surface area contributed by atoms with Crippen molar-refractivity contribution in [3.8, 4) is 0 Å². The molecule has 2 fully saturated rings. The fraction of sp³-hybridized carbons (Fsp3) is 0.889. The first kappa shape index (κ1) is 12.7. The second-order valence-electron chi connectivity index (χ2n) is 3.87. The van der Waals surface area contributed by atoms with Gasteiger partial charge in [-0.3, -0.25) is 0 Å². The van der Waals surface area contributed by atoms with E-state index in [-0.39, 0.29) is 18.0 Å². The molecule has 5 nitrogen and oxygen atoms in total. The third-order valence-electron chi connectivity index (χ3n) is 2.85. The van der Waals surface area contributed by atoms with Gasteiger partial charge in [0, 0.05) is 39.1 Å². The molecule has 0 amide bonds. The molecule has 1 unspecified atom stereocenters. The van der Waals surface area contributed by atoms with E-state index in [4.69, 9.17) is 14.6 Å². The van der Waals surface area contributed by atoms with E-state index < -0.39 is 12.1 Å². The Morgan fingerprint density at radius 2 is 2.07 bits per heavy atom. The molecule has 6 heteroatoms. The number of aliphatic carboxylic acids is 1. The molecule has 0 aliphatic carbocycles. The highest BCUT2D eigenvalue weighted by Gasteiger charge is 2.40. The Balaban J connectivity index is 0.00000112. The van der Waals surface area contributed by atoms with Crippen molar-refractivity contribution in [2.24, 2.45) is 0 Å². The number of morpholine rings is 1. The lowest BCUT2D eigenvalue weighted by atomic mass is 9.92. The Morgan fingerprint density at radius 1 is 1.40 bits per heavy atom. The van der Waals surface area contributed by atoms with Gasteiger partial charge in [0.2, 0.25) is 0 Å². The minimum atomic E-state index is -0.886. The zero-order valence-corrected chi connectivity index (χ0v) is 9.22. The zero-order valence-electron chi connectivity index (χ0n) is 8.40. The van der Waals surface area contributed by atoms with Crippen molar-refractivity contribution in [1.82, 2.24) is 5.32 Å². The predicted octanol–water partition coefficient (Wildman–Crippen LogP) is 0.0304. The fourth-order valence-electron chi connectivity index (χ4n) is 1.99. The van der Waals surface area contributed by atoms with E-state index in [1.54, 1.807) is 0 Å². The summed E-state index contributed by atoms with van der Waals surface area (Å²) in [5, 5.41) is 12.0. The second-order valence-corrected chi connectivity index (χ2v) is 3.87. The Kier molecular flexibility index (Phi) is 4.33.